The number of sulfonamides is 1. The minimum atomic E-state index is -3.99. The number of hydrogen-bond acceptors (Lipinski definition) is 10. The van der Waals surface area contributed by atoms with Crippen LogP contribution in [-0.2, 0) is 24.4 Å². The summed E-state index contributed by atoms with van der Waals surface area (Å²) in [6.07, 6.45) is 9.57. The summed E-state index contributed by atoms with van der Waals surface area (Å²) in [7, 11) is 0.784. The summed E-state index contributed by atoms with van der Waals surface area (Å²) in [4.78, 5) is 63.4. The zero-order chi connectivity index (χ0) is 39.3. The first-order chi connectivity index (χ1) is 26.1. The van der Waals surface area contributed by atoms with Crippen LogP contribution in [0.25, 0.3) is 10.9 Å². The third-order valence-corrected chi connectivity index (χ3v) is 13.8. The predicted octanol–water partition coefficient (Wildman–Crippen LogP) is 3.47. The zero-order valence-electron chi connectivity index (χ0n) is 32.2. The Kier molecular flexibility index (Phi) is 10.4. The van der Waals surface area contributed by atoms with E-state index in [1.807, 2.05) is 31.2 Å². The van der Waals surface area contributed by atoms with Gasteiger partial charge in [0.15, 0.2) is 0 Å². The first kappa shape index (κ1) is 38.7. The van der Waals surface area contributed by atoms with Gasteiger partial charge >= 0.3 is 6.03 Å². The molecule has 1 aromatic carbocycles. The average molecular weight is 781 g/mol. The van der Waals surface area contributed by atoms with E-state index in [1.165, 1.54) is 9.80 Å². The molecule has 15 nitrogen and oxygen atoms in total. The lowest BCUT2D eigenvalue weighted by Crippen LogP contribution is -2.59. The standard InChI is InChI=1S/C39H52N6O9S/c1-23-30(52-5)16-15-27-31(20-32(41-33(23)27)54-25-13-14-25)53-26-19-29-34(46)42-39(36(48)43-55(50,51)38(2)17-18-38)21-24(39)11-9-7-6-8-10-12-28(35(47)45(29)22-26)40-37(49)44(3)4/h9,11,15-16,20,24-26,28-29H,6-8,10,12-14,17-19,21-22H2,1-5H3,(H,40,49)(H,42,46)(H,43,48). The molecule has 4 fully saturated rings. The second-order valence-electron chi connectivity index (χ2n) is 16.2. The average Bonchev–Trinajstić information content (AvgIpc) is 4.09. The van der Waals surface area contributed by atoms with Gasteiger partial charge in [-0.3, -0.25) is 19.1 Å². The highest BCUT2D eigenvalue weighted by Gasteiger charge is 2.63. The van der Waals surface area contributed by atoms with Gasteiger partial charge in [0, 0.05) is 43.5 Å². The van der Waals surface area contributed by atoms with Crippen molar-refractivity contribution in [2.45, 2.75) is 119 Å². The largest absolute Gasteiger partial charge is 0.496 e. The lowest BCUT2D eigenvalue weighted by Gasteiger charge is -2.30. The maximum absolute atomic E-state index is 14.5. The summed E-state index contributed by atoms with van der Waals surface area (Å²) in [5, 5.41) is 6.47. The van der Waals surface area contributed by atoms with Crippen molar-refractivity contribution >= 4 is 44.7 Å². The van der Waals surface area contributed by atoms with E-state index in [0.717, 1.165) is 31.2 Å². The molecule has 5 atom stereocenters. The number of ether oxygens (including phenoxy) is 3. The van der Waals surface area contributed by atoms with Crippen LogP contribution in [0.4, 0.5) is 4.79 Å². The number of methoxy groups -OCH3 is 1. The summed E-state index contributed by atoms with van der Waals surface area (Å²) in [5.74, 6) is -0.753. The maximum atomic E-state index is 14.5. The normalized spacial score (nSPS) is 27.8. The molecule has 5 amide bonds. The highest BCUT2D eigenvalue weighted by molar-refractivity contribution is 7.91. The van der Waals surface area contributed by atoms with Crippen LogP contribution in [-0.4, -0.2) is 109 Å². The van der Waals surface area contributed by atoms with Gasteiger partial charge in [-0.2, -0.15) is 0 Å². The van der Waals surface area contributed by atoms with Crippen molar-refractivity contribution in [3.8, 4) is 17.4 Å². The number of nitrogens with zero attached hydrogens (tertiary/aromatic N) is 3. The van der Waals surface area contributed by atoms with Crippen molar-refractivity contribution < 1.29 is 41.8 Å². The van der Waals surface area contributed by atoms with Crippen LogP contribution in [0.3, 0.4) is 0 Å². The third kappa shape index (κ3) is 7.92. The Hall–Kier alpha value is -4.60. The van der Waals surface area contributed by atoms with Crippen LogP contribution >= 0.6 is 0 Å². The fraction of sp³-hybridized carbons (Fsp3) is 0.615. The molecule has 0 radical (unpaired) electrons. The smallest absolute Gasteiger partial charge is 0.317 e. The van der Waals surface area contributed by atoms with E-state index >= 15 is 0 Å². The van der Waals surface area contributed by atoms with Gasteiger partial charge in [-0.05, 0) is 77.3 Å². The van der Waals surface area contributed by atoms with E-state index in [-0.39, 0.29) is 25.5 Å². The Morgan fingerprint density at radius 2 is 1.80 bits per heavy atom. The molecule has 0 spiro atoms. The Balaban J connectivity index is 1.22. The second-order valence-corrected chi connectivity index (χ2v) is 18.4. The number of pyridine rings is 1. The van der Waals surface area contributed by atoms with Crippen molar-refractivity contribution in [2.24, 2.45) is 5.92 Å². The van der Waals surface area contributed by atoms with Crippen LogP contribution < -0.4 is 29.6 Å². The van der Waals surface area contributed by atoms with Crippen molar-refractivity contribution in [2.75, 3.05) is 27.7 Å². The molecule has 298 valence electrons. The van der Waals surface area contributed by atoms with Crippen LogP contribution in [0.2, 0.25) is 0 Å². The van der Waals surface area contributed by atoms with Gasteiger partial charge in [0.25, 0.3) is 5.91 Å². The molecule has 7 rings (SSSR count). The molecule has 1 saturated heterocycles. The molecular weight excluding hydrogens is 729 g/mol. The molecule has 3 aliphatic carbocycles. The second kappa shape index (κ2) is 14.8. The summed E-state index contributed by atoms with van der Waals surface area (Å²) in [6, 6.07) is 2.96. The quantitative estimate of drug-likeness (QED) is 0.319. The number of allylic oxidation sites excluding steroid dienone is 1. The molecule has 2 aliphatic heterocycles. The number of aryl methyl sites for hydroxylation is 1. The minimum Gasteiger partial charge on any atom is -0.496 e. The first-order valence-corrected chi connectivity index (χ1v) is 20.8. The van der Waals surface area contributed by atoms with E-state index in [2.05, 4.69) is 15.4 Å². The summed E-state index contributed by atoms with van der Waals surface area (Å²) < 4.78 is 45.9. The number of benzene rings is 1. The van der Waals surface area contributed by atoms with Crippen LogP contribution in [0.1, 0.15) is 83.1 Å². The van der Waals surface area contributed by atoms with E-state index in [0.29, 0.717) is 60.4 Å². The predicted molar refractivity (Wildman–Crippen MR) is 203 cm³/mol. The SMILES string of the molecule is COc1ccc2c(OC3CC4C(=O)NC5(C(=O)NS(=O)(=O)C6(C)CC6)CC5C=CCCCCCC(NC(=O)N(C)C)C(=O)N4C3)cc(OC3CC3)nc2c1C. The maximum Gasteiger partial charge on any atom is 0.317 e. The first-order valence-electron chi connectivity index (χ1n) is 19.3. The number of carbonyl (C=O) groups is 4. The molecule has 5 unspecified atom stereocenters. The fourth-order valence-electron chi connectivity index (χ4n) is 7.50. The van der Waals surface area contributed by atoms with E-state index in [4.69, 9.17) is 19.2 Å². The molecule has 5 aliphatic rings. The molecule has 0 bridgehead atoms. The van der Waals surface area contributed by atoms with Crippen molar-refractivity contribution in [3.63, 3.8) is 0 Å². The highest BCUT2D eigenvalue weighted by Crippen LogP contribution is 2.48. The van der Waals surface area contributed by atoms with Crippen LogP contribution in [0.15, 0.2) is 30.4 Å². The van der Waals surface area contributed by atoms with Gasteiger partial charge in [-0.15, -0.1) is 0 Å². The third-order valence-electron chi connectivity index (χ3n) is 11.6. The van der Waals surface area contributed by atoms with Crippen LogP contribution in [0, 0.1) is 12.8 Å². The Labute approximate surface area is 321 Å². The van der Waals surface area contributed by atoms with Gasteiger partial charge in [0.1, 0.15) is 41.3 Å². The van der Waals surface area contributed by atoms with E-state index < -0.39 is 68.2 Å². The Morgan fingerprint density at radius 3 is 2.49 bits per heavy atom. The van der Waals surface area contributed by atoms with Gasteiger partial charge in [-0.1, -0.05) is 25.0 Å². The van der Waals surface area contributed by atoms with Gasteiger partial charge in [0.05, 0.1) is 23.9 Å². The van der Waals surface area contributed by atoms with Crippen molar-refractivity contribution in [1.29, 1.82) is 0 Å². The number of nitrogens with one attached hydrogen (secondary N) is 3. The van der Waals surface area contributed by atoms with E-state index in [9.17, 15) is 27.6 Å². The summed E-state index contributed by atoms with van der Waals surface area (Å²) in [5.41, 5.74) is -0.0736. The fourth-order valence-corrected chi connectivity index (χ4v) is 8.81. The lowest BCUT2D eigenvalue weighted by molar-refractivity contribution is -0.141. The molecule has 16 heteroatoms. The number of hydrogen-bond donors (Lipinski definition) is 3. The molecule has 3 heterocycles. The summed E-state index contributed by atoms with van der Waals surface area (Å²) in [6.45, 7) is 3.51. The van der Waals surface area contributed by atoms with Crippen molar-refractivity contribution in [3.05, 3.63) is 35.9 Å². The van der Waals surface area contributed by atoms with Crippen molar-refractivity contribution in [1.82, 2.24) is 30.1 Å². The Bertz CT molecular complexity index is 2010. The lowest BCUT2D eigenvalue weighted by atomic mass is 10.0. The molecule has 1 aromatic heterocycles. The van der Waals surface area contributed by atoms with Crippen LogP contribution in [0.5, 0.6) is 17.4 Å². The number of rotatable bonds is 9. The monoisotopic (exact) mass is 780 g/mol. The zero-order valence-corrected chi connectivity index (χ0v) is 33.0. The molecular formula is C39H52N6O9S. The topological polar surface area (TPSA) is 186 Å². The number of carbonyl (C=O) groups excluding carboxylic acids is 4. The Morgan fingerprint density at radius 1 is 1.04 bits per heavy atom. The molecule has 2 aromatic rings. The number of amides is 5. The van der Waals surface area contributed by atoms with Gasteiger partial charge in [-0.25, -0.2) is 18.2 Å². The number of urea groups is 1. The van der Waals surface area contributed by atoms with Gasteiger partial charge < -0.3 is 34.6 Å². The highest BCUT2D eigenvalue weighted by atomic mass is 32.2. The minimum absolute atomic E-state index is 0.0122. The molecule has 55 heavy (non-hydrogen) atoms. The van der Waals surface area contributed by atoms with Gasteiger partial charge in [0.2, 0.25) is 27.7 Å². The molecule has 3 saturated carbocycles. The number of aromatic nitrogens is 1. The number of fused-ring (bicyclic) bond motifs is 3. The van der Waals surface area contributed by atoms with E-state index in [1.54, 1.807) is 34.2 Å². The molecule has 3 N–H and O–H groups in total. The summed E-state index contributed by atoms with van der Waals surface area (Å²) >= 11 is 0.